The van der Waals surface area contributed by atoms with Crippen LogP contribution in [0.4, 0.5) is 4.79 Å². The van der Waals surface area contributed by atoms with E-state index in [-0.39, 0.29) is 0 Å². The Bertz CT molecular complexity index is 754. The number of nitrogens with two attached hydrogens (primary N) is 1. The lowest BCUT2D eigenvalue weighted by molar-refractivity contribution is 0.0513. The van der Waals surface area contributed by atoms with E-state index >= 15 is 0 Å². The summed E-state index contributed by atoms with van der Waals surface area (Å²) in [5.74, 6) is 0.00541. The number of hydrogen-bond donors (Lipinski definition) is 3. The molecule has 1 aliphatic rings. The van der Waals surface area contributed by atoms with Gasteiger partial charge in [-0.05, 0) is 38.3 Å². The topological polar surface area (TPSA) is 112 Å². The van der Waals surface area contributed by atoms with E-state index in [1.165, 1.54) is 4.90 Å². The Balaban J connectivity index is 2.14. The Morgan fingerprint density at radius 2 is 2.18 bits per heavy atom. The summed E-state index contributed by atoms with van der Waals surface area (Å²) in [5, 5.41) is 9.46. The van der Waals surface area contributed by atoms with Crippen molar-refractivity contribution in [3.63, 3.8) is 0 Å². The van der Waals surface area contributed by atoms with Gasteiger partial charge in [-0.2, -0.15) is 0 Å². The number of para-hydroxylation sites is 1. The highest BCUT2D eigenvalue weighted by Crippen LogP contribution is 2.37. The highest BCUT2D eigenvalue weighted by molar-refractivity contribution is 6.04. The maximum atomic E-state index is 11.5. The summed E-state index contributed by atoms with van der Waals surface area (Å²) in [4.78, 5) is 32.1. The molecule has 1 fully saturated rings. The molecule has 2 aromatic rings. The van der Waals surface area contributed by atoms with Crippen molar-refractivity contribution >= 4 is 23.0 Å². The molecule has 4 N–H and O–H groups in total. The van der Waals surface area contributed by atoms with E-state index in [0.29, 0.717) is 35.4 Å². The normalized spacial score (nSPS) is 22.0. The minimum Gasteiger partial charge on any atom is -0.465 e. The lowest BCUT2D eigenvalue weighted by atomic mass is 9.88. The maximum absolute atomic E-state index is 11.5. The van der Waals surface area contributed by atoms with Gasteiger partial charge in [0.05, 0.1) is 11.1 Å². The van der Waals surface area contributed by atoms with Crippen molar-refractivity contribution in [1.29, 1.82) is 0 Å². The number of nitrogens with zero attached hydrogens (tertiary/aromatic N) is 2. The van der Waals surface area contributed by atoms with Crippen LogP contribution in [0.3, 0.4) is 0 Å². The molecule has 1 atom stereocenters. The Kier molecular flexibility index (Phi) is 3.27. The summed E-state index contributed by atoms with van der Waals surface area (Å²) in [6.07, 6.45) is 1.50. The molecular weight excluding hydrogens is 284 g/mol. The van der Waals surface area contributed by atoms with Gasteiger partial charge in [0.15, 0.2) is 0 Å². The van der Waals surface area contributed by atoms with E-state index in [4.69, 9.17) is 5.73 Å². The predicted octanol–water partition coefficient (Wildman–Crippen LogP) is 2.04. The Morgan fingerprint density at radius 3 is 2.86 bits per heavy atom. The van der Waals surface area contributed by atoms with Gasteiger partial charge in [0.25, 0.3) is 5.91 Å². The minimum atomic E-state index is -0.960. The van der Waals surface area contributed by atoms with Gasteiger partial charge in [-0.15, -0.1) is 0 Å². The van der Waals surface area contributed by atoms with Crippen LogP contribution in [-0.4, -0.2) is 38.5 Å². The fourth-order valence-corrected chi connectivity index (χ4v) is 3.16. The predicted molar refractivity (Wildman–Crippen MR) is 80.5 cm³/mol. The van der Waals surface area contributed by atoms with Crippen molar-refractivity contribution in [2.75, 3.05) is 6.54 Å². The van der Waals surface area contributed by atoms with Gasteiger partial charge < -0.3 is 15.8 Å². The van der Waals surface area contributed by atoms with Gasteiger partial charge >= 0.3 is 6.09 Å². The molecule has 1 saturated heterocycles. The van der Waals surface area contributed by atoms with Gasteiger partial charge in [0.1, 0.15) is 16.9 Å². The number of hydrogen-bond acceptors (Lipinski definition) is 3. The van der Waals surface area contributed by atoms with Crippen molar-refractivity contribution in [2.45, 2.75) is 31.7 Å². The Labute approximate surface area is 127 Å². The van der Waals surface area contributed by atoms with E-state index < -0.39 is 17.5 Å². The second-order valence-corrected chi connectivity index (χ2v) is 5.82. The molecular formula is C15H18N4O3. The van der Waals surface area contributed by atoms with Gasteiger partial charge in [0.2, 0.25) is 0 Å². The van der Waals surface area contributed by atoms with E-state index in [1.807, 2.05) is 6.92 Å². The van der Waals surface area contributed by atoms with E-state index in [9.17, 15) is 14.7 Å². The zero-order valence-electron chi connectivity index (χ0n) is 12.3. The number of imidazole rings is 1. The number of carboxylic acid groups (broad SMARTS) is 1. The van der Waals surface area contributed by atoms with Crippen molar-refractivity contribution in [3.8, 4) is 0 Å². The summed E-state index contributed by atoms with van der Waals surface area (Å²) < 4.78 is 0. The van der Waals surface area contributed by atoms with Crippen LogP contribution in [0.25, 0.3) is 11.0 Å². The van der Waals surface area contributed by atoms with Crippen molar-refractivity contribution < 1.29 is 14.7 Å². The third kappa shape index (κ3) is 2.09. The van der Waals surface area contributed by atoms with E-state index in [0.717, 1.165) is 12.8 Å². The molecule has 0 bridgehead atoms. The zero-order valence-corrected chi connectivity index (χ0v) is 12.3. The number of aromatic nitrogens is 2. The molecule has 2 heterocycles. The number of aromatic amines is 1. The second-order valence-electron chi connectivity index (χ2n) is 5.82. The van der Waals surface area contributed by atoms with Crippen LogP contribution in [-0.2, 0) is 5.54 Å². The first-order valence-electron chi connectivity index (χ1n) is 7.23. The monoisotopic (exact) mass is 302 g/mol. The number of piperidine rings is 1. The number of primary amides is 1. The molecule has 1 aliphatic heterocycles. The van der Waals surface area contributed by atoms with Crippen LogP contribution >= 0.6 is 0 Å². The maximum Gasteiger partial charge on any atom is 0.408 e. The number of H-pyrrole nitrogens is 1. The molecule has 0 radical (unpaired) electrons. The van der Waals surface area contributed by atoms with Crippen molar-refractivity contribution in [2.24, 2.45) is 5.73 Å². The van der Waals surface area contributed by atoms with Crippen LogP contribution in [0.5, 0.6) is 0 Å². The van der Waals surface area contributed by atoms with Crippen molar-refractivity contribution in [3.05, 3.63) is 29.6 Å². The van der Waals surface area contributed by atoms with Gasteiger partial charge in [-0.1, -0.05) is 6.07 Å². The smallest absolute Gasteiger partial charge is 0.408 e. The number of likely N-dealkylation sites (tertiary alicyclic amines) is 1. The molecule has 2 amide bonds. The lowest BCUT2D eigenvalue weighted by Crippen LogP contribution is -2.50. The first-order valence-corrected chi connectivity index (χ1v) is 7.23. The largest absolute Gasteiger partial charge is 0.465 e. The van der Waals surface area contributed by atoms with Crippen molar-refractivity contribution in [1.82, 2.24) is 14.9 Å². The molecule has 1 aromatic carbocycles. The second kappa shape index (κ2) is 5.01. The molecule has 1 unspecified atom stereocenters. The molecule has 7 nitrogen and oxygen atoms in total. The first kappa shape index (κ1) is 14.4. The zero-order chi connectivity index (χ0) is 15.9. The van der Waals surface area contributed by atoms with Crippen LogP contribution in [0, 0.1) is 0 Å². The summed E-state index contributed by atoms with van der Waals surface area (Å²) in [6.45, 7) is 2.34. The molecule has 0 aliphatic carbocycles. The average molecular weight is 302 g/mol. The Hall–Kier alpha value is -2.57. The molecule has 116 valence electrons. The van der Waals surface area contributed by atoms with Crippen LogP contribution in [0.2, 0.25) is 0 Å². The minimum absolute atomic E-state index is 0.335. The number of benzene rings is 1. The highest BCUT2D eigenvalue weighted by Gasteiger charge is 2.41. The third-order valence-corrected chi connectivity index (χ3v) is 4.41. The lowest BCUT2D eigenvalue weighted by Gasteiger charge is -2.41. The molecule has 1 aromatic heterocycles. The molecule has 3 rings (SSSR count). The summed E-state index contributed by atoms with van der Waals surface area (Å²) in [5.41, 5.74) is 6.16. The number of amides is 2. The van der Waals surface area contributed by atoms with Crippen LogP contribution in [0.1, 0.15) is 42.4 Å². The van der Waals surface area contributed by atoms with Gasteiger partial charge in [-0.25, -0.2) is 9.78 Å². The molecule has 0 saturated carbocycles. The summed E-state index contributed by atoms with van der Waals surface area (Å²) in [6, 6.07) is 5.14. The first-order chi connectivity index (χ1) is 10.4. The number of nitrogens with one attached hydrogen (secondary N) is 1. The molecule has 7 heteroatoms. The third-order valence-electron chi connectivity index (χ3n) is 4.41. The number of fused-ring (bicyclic) bond motifs is 1. The molecule has 0 spiro atoms. The van der Waals surface area contributed by atoms with E-state index in [1.54, 1.807) is 18.2 Å². The summed E-state index contributed by atoms with van der Waals surface area (Å²) in [7, 11) is 0. The number of rotatable bonds is 2. The SMILES string of the molecule is CC1(c2nc3c(C(N)=O)cccc3[nH]2)CCCCN1C(=O)O. The quantitative estimate of drug-likeness (QED) is 0.787. The standard InChI is InChI=1S/C15H18N4O3/c1-15(7-2-3-8-19(15)14(21)22)13-17-10-6-4-5-9(12(16)20)11(10)18-13/h4-6H,2-3,7-8H2,1H3,(H2,16,20)(H,17,18)(H,21,22). The Morgan fingerprint density at radius 1 is 1.41 bits per heavy atom. The van der Waals surface area contributed by atoms with Crippen LogP contribution < -0.4 is 5.73 Å². The fourth-order valence-electron chi connectivity index (χ4n) is 3.16. The summed E-state index contributed by atoms with van der Waals surface area (Å²) >= 11 is 0. The number of carbonyl (C=O) groups is 2. The van der Waals surface area contributed by atoms with Gasteiger partial charge in [0, 0.05) is 6.54 Å². The molecule has 22 heavy (non-hydrogen) atoms. The highest BCUT2D eigenvalue weighted by atomic mass is 16.4. The number of carbonyl (C=O) groups excluding carboxylic acids is 1. The fraction of sp³-hybridized carbons (Fsp3) is 0.400. The van der Waals surface area contributed by atoms with Crippen LogP contribution in [0.15, 0.2) is 18.2 Å². The average Bonchev–Trinajstić information content (AvgIpc) is 2.91. The van der Waals surface area contributed by atoms with Gasteiger partial charge in [-0.3, -0.25) is 9.69 Å². The van der Waals surface area contributed by atoms with E-state index in [2.05, 4.69) is 9.97 Å².